The molecular formula is C34H41F2N5O5S. The van der Waals surface area contributed by atoms with Gasteiger partial charge >= 0.3 is 6.09 Å². The second kappa shape index (κ2) is 13.4. The molecule has 2 aromatic heterocycles. The summed E-state index contributed by atoms with van der Waals surface area (Å²) in [5.41, 5.74) is 1.81. The number of likely N-dealkylation sites (tertiary alicyclic amines) is 2. The van der Waals surface area contributed by atoms with Gasteiger partial charge in [0.1, 0.15) is 23.3 Å². The topological polar surface area (TPSA) is 109 Å². The summed E-state index contributed by atoms with van der Waals surface area (Å²) in [6.07, 6.45) is 1.96. The number of nitrogens with zero attached hydrogens (tertiary/aromatic N) is 4. The maximum Gasteiger partial charge on any atom is 0.410 e. The number of ether oxygens (including phenoxy) is 2. The molecule has 2 N–H and O–H groups in total. The van der Waals surface area contributed by atoms with Crippen LogP contribution in [0.4, 0.5) is 13.6 Å². The van der Waals surface area contributed by atoms with Crippen molar-refractivity contribution in [2.45, 2.75) is 70.4 Å². The average Bonchev–Trinajstić information content (AvgIpc) is 3.71. The number of methoxy groups -OCH3 is 1. The van der Waals surface area contributed by atoms with Gasteiger partial charge in [0.2, 0.25) is 0 Å². The molecule has 47 heavy (non-hydrogen) atoms. The Labute approximate surface area is 276 Å². The van der Waals surface area contributed by atoms with Crippen LogP contribution in [0, 0.1) is 5.82 Å². The average molecular weight is 670 g/mol. The molecule has 252 valence electrons. The number of carbonyl (C=O) groups is 2. The highest BCUT2D eigenvalue weighted by Crippen LogP contribution is 2.37. The lowest BCUT2D eigenvalue weighted by Crippen LogP contribution is -2.37. The molecule has 2 aliphatic heterocycles. The van der Waals surface area contributed by atoms with Crippen LogP contribution in [0.2, 0.25) is 0 Å². The first-order valence-corrected chi connectivity index (χ1v) is 16.8. The Morgan fingerprint density at radius 1 is 1.17 bits per heavy atom. The smallest absolute Gasteiger partial charge is 0.410 e. The summed E-state index contributed by atoms with van der Waals surface area (Å²) in [5.74, 6) is -0.314. The van der Waals surface area contributed by atoms with Crippen molar-refractivity contribution in [2.75, 3.05) is 39.8 Å². The van der Waals surface area contributed by atoms with Crippen LogP contribution in [-0.2, 0) is 4.74 Å². The van der Waals surface area contributed by atoms with Gasteiger partial charge in [0.05, 0.1) is 47.3 Å². The highest BCUT2D eigenvalue weighted by Gasteiger charge is 2.38. The maximum absolute atomic E-state index is 15.6. The van der Waals surface area contributed by atoms with E-state index in [-0.39, 0.29) is 18.9 Å². The van der Waals surface area contributed by atoms with Crippen LogP contribution in [0.15, 0.2) is 36.5 Å². The van der Waals surface area contributed by atoms with Crippen LogP contribution >= 0.6 is 11.3 Å². The van der Waals surface area contributed by atoms with E-state index in [1.54, 1.807) is 51.2 Å². The molecule has 2 fully saturated rings. The predicted octanol–water partition coefficient (Wildman–Crippen LogP) is 5.96. The molecule has 2 amide bonds. The highest BCUT2D eigenvalue weighted by molar-refractivity contribution is 7.23. The van der Waals surface area contributed by atoms with E-state index >= 15 is 4.39 Å². The number of benzene rings is 2. The molecule has 0 spiro atoms. The molecule has 6 rings (SSSR count). The van der Waals surface area contributed by atoms with Crippen molar-refractivity contribution < 1.29 is 33.0 Å². The van der Waals surface area contributed by atoms with E-state index < -0.39 is 35.8 Å². The molecule has 4 aromatic rings. The number of carbonyl (C=O) groups excluding carboxylic acids is 2. The van der Waals surface area contributed by atoms with Crippen LogP contribution in [0.3, 0.4) is 0 Å². The molecule has 0 aliphatic carbocycles. The lowest BCUT2D eigenvalue weighted by atomic mass is 10.0. The SMILES string of the molecule is COc1cc2c(cc1C(=O)NCCCN1CCC(F)CC1)sc1nc(-c3ccc([C@H]4C[C@@H](O)CN4C(=O)OC(C)(C)C)cc3F)cn12. The molecule has 2 saturated heterocycles. The zero-order valence-electron chi connectivity index (χ0n) is 27.1. The number of piperidine rings is 1. The van der Waals surface area contributed by atoms with Gasteiger partial charge in [-0.1, -0.05) is 17.4 Å². The van der Waals surface area contributed by atoms with Gasteiger partial charge in [0, 0.05) is 37.5 Å². The monoisotopic (exact) mass is 669 g/mol. The minimum atomic E-state index is -0.732. The van der Waals surface area contributed by atoms with Crippen molar-refractivity contribution in [1.29, 1.82) is 0 Å². The molecule has 0 unspecified atom stereocenters. The number of fused-ring (bicyclic) bond motifs is 3. The third kappa shape index (κ3) is 7.21. The number of halogens is 2. The number of aliphatic hydroxyl groups is 1. The summed E-state index contributed by atoms with van der Waals surface area (Å²) in [6, 6.07) is 7.85. The fourth-order valence-electron chi connectivity index (χ4n) is 6.32. The lowest BCUT2D eigenvalue weighted by molar-refractivity contribution is 0.0206. The summed E-state index contributed by atoms with van der Waals surface area (Å²) >= 11 is 1.38. The lowest BCUT2D eigenvalue weighted by Gasteiger charge is -2.28. The minimum absolute atomic E-state index is 0.113. The number of imidazole rings is 1. The van der Waals surface area contributed by atoms with Gasteiger partial charge in [-0.25, -0.2) is 18.6 Å². The quantitative estimate of drug-likeness (QED) is 0.223. The molecule has 0 saturated carbocycles. The summed E-state index contributed by atoms with van der Waals surface area (Å²) in [7, 11) is 1.51. The highest BCUT2D eigenvalue weighted by atomic mass is 32.1. The second-order valence-corrected chi connectivity index (χ2v) is 14.3. The first kappa shape index (κ1) is 33.1. The van der Waals surface area contributed by atoms with Gasteiger partial charge < -0.3 is 24.8 Å². The van der Waals surface area contributed by atoms with Gasteiger partial charge in [0.15, 0.2) is 4.96 Å². The van der Waals surface area contributed by atoms with E-state index in [0.29, 0.717) is 52.5 Å². The standard InChI is InChI=1S/C34H41F2N5O5S/c1-34(2,3)46-33(44)41-18-22(42)15-27(41)20-6-7-23(25(36)14-20)26-19-40-28-17-29(45-4)24(16-30(28)47-32(40)38-26)31(43)37-10-5-11-39-12-8-21(35)9-13-39/h6-7,14,16-17,19,21-22,27,42H,5,8-13,15,18H2,1-4H3,(H,37,43)/t22-,27-/m1/s1. The van der Waals surface area contributed by atoms with E-state index in [4.69, 9.17) is 14.5 Å². The molecule has 4 heterocycles. The number of aromatic nitrogens is 2. The molecular weight excluding hydrogens is 628 g/mol. The van der Waals surface area contributed by atoms with Crippen molar-refractivity contribution in [1.82, 2.24) is 24.5 Å². The number of aliphatic hydroxyl groups excluding tert-OH is 1. The third-order valence-corrected chi connectivity index (χ3v) is 9.69. The van der Waals surface area contributed by atoms with Crippen molar-refractivity contribution in [3.63, 3.8) is 0 Å². The van der Waals surface area contributed by atoms with E-state index in [9.17, 15) is 19.1 Å². The summed E-state index contributed by atoms with van der Waals surface area (Å²) < 4.78 is 42.8. The Hall–Kier alpha value is -3.81. The Bertz CT molecular complexity index is 1780. The van der Waals surface area contributed by atoms with Crippen LogP contribution in [0.5, 0.6) is 5.75 Å². The molecule has 0 bridgehead atoms. The Morgan fingerprint density at radius 3 is 2.64 bits per heavy atom. The minimum Gasteiger partial charge on any atom is -0.496 e. The number of nitrogens with one attached hydrogen (secondary N) is 1. The number of amides is 2. The third-order valence-electron chi connectivity index (χ3n) is 8.67. The molecule has 10 nitrogen and oxygen atoms in total. The van der Waals surface area contributed by atoms with Crippen LogP contribution < -0.4 is 10.1 Å². The van der Waals surface area contributed by atoms with Crippen LogP contribution in [0.1, 0.15) is 68.4 Å². The first-order chi connectivity index (χ1) is 22.4. The number of rotatable bonds is 8. The number of hydrogen-bond acceptors (Lipinski definition) is 8. The molecule has 2 atom stereocenters. The number of thiazole rings is 1. The number of β-amino-alcohol motifs (C(OH)–C–C–N with tert-alkyl or cyclic N) is 1. The Morgan fingerprint density at radius 2 is 1.94 bits per heavy atom. The zero-order chi connectivity index (χ0) is 33.5. The van der Waals surface area contributed by atoms with E-state index in [0.717, 1.165) is 36.3 Å². The Kier molecular flexibility index (Phi) is 9.41. The first-order valence-electron chi connectivity index (χ1n) is 16.0. The number of hydrogen-bond donors (Lipinski definition) is 2. The molecule has 0 radical (unpaired) electrons. The van der Waals surface area contributed by atoms with Gasteiger partial charge in [0.25, 0.3) is 5.91 Å². The molecule has 13 heteroatoms. The van der Waals surface area contributed by atoms with E-state index in [1.807, 2.05) is 4.40 Å². The summed E-state index contributed by atoms with van der Waals surface area (Å²) in [5, 5.41) is 13.3. The maximum atomic E-state index is 15.6. The van der Waals surface area contributed by atoms with Gasteiger partial charge in [-0.2, -0.15) is 0 Å². The fourth-order valence-corrected chi connectivity index (χ4v) is 7.35. The van der Waals surface area contributed by atoms with Crippen LogP contribution in [0.25, 0.3) is 26.4 Å². The van der Waals surface area contributed by atoms with Gasteiger partial charge in [-0.05, 0) is 76.8 Å². The summed E-state index contributed by atoms with van der Waals surface area (Å²) in [6.45, 7) is 8.24. The Balaban J connectivity index is 1.17. The van der Waals surface area contributed by atoms with E-state index in [1.165, 1.54) is 29.4 Å². The molecule has 2 aliphatic rings. The largest absolute Gasteiger partial charge is 0.496 e. The van der Waals surface area contributed by atoms with Crippen molar-refractivity contribution in [3.8, 4) is 17.0 Å². The number of alkyl halides is 1. The van der Waals surface area contributed by atoms with E-state index in [2.05, 4.69) is 10.2 Å². The fraction of sp³-hybridized carbons (Fsp3) is 0.500. The summed E-state index contributed by atoms with van der Waals surface area (Å²) in [4.78, 5) is 34.9. The zero-order valence-corrected chi connectivity index (χ0v) is 27.9. The van der Waals surface area contributed by atoms with Gasteiger partial charge in [-0.15, -0.1) is 0 Å². The molecule has 2 aromatic carbocycles. The van der Waals surface area contributed by atoms with Gasteiger partial charge in [-0.3, -0.25) is 14.1 Å². The second-order valence-electron chi connectivity index (χ2n) is 13.3. The van der Waals surface area contributed by atoms with Crippen LogP contribution in [-0.4, -0.2) is 94.0 Å². The predicted molar refractivity (Wildman–Crippen MR) is 176 cm³/mol. The van der Waals surface area contributed by atoms with Crippen molar-refractivity contribution in [3.05, 3.63) is 53.5 Å². The normalized spacial score (nSPS) is 19.5. The van der Waals surface area contributed by atoms with Crippen molar-refractivity contribution >= 4 is 38.5 Å². The van der Waals surface area contributed by atoms with Crippen molar-refractivity contribution in [2.24, 2.45) is 0 Å².